The number of nitrogens with zero attached hydrogens (tertiary/aromatic N) is 2. The molecule has 4 aliphatic rings. The molecule has 4 aliphatic carbocycles. The van der Waals surface area contributed by atoms with Crippen LogP contribution in [-0.4, -0.2) is 48.7 Å². The molecule has 0 atom stereocenters. The molecule has 1 amide bonds. The number of ether oxygens (including phenoxy) is 1. The van der Waals surface area contributed by atoms with E-state index in [0.29, 0.717) is 17.4 Å². The van der Waals surface area contributed by atoms with E-state index in [0.717, 1.165) is 48.5 Å². The van der Waals surface area contributed by atoms with Crippen LogP contribution in [0.3, 0.4) is 0 Å². The lowest BCUT2D eigenvalue weighted by Gasteiger charge is -2.56. The third-order valence-electron chi connectivity index (χ3n) is 6.98. The van der Waals surface area contributed by atoms with Crippen molar-refractivity contribution in [1.82, 2.24) is 15.4 Å². The highest BCUT2D eigenvalue weighted by atomic mass is 32.2. The summed E-state index contributed by atoms with van der Waals surface area (Å²) in [5, 5.41) is 7.53. The lowest BCUT2D eigenvalue weighted by Crippen LogP contribution is -2.59. The first-order chi connectivity index (χ1) is 15.0. The van der Waals surface area contributed by atoms with Gasteiger partial charge in [-0.05, 0) is 87.7 Å². The molecule has 166 valence electrons. The van der Waals surface area contributed by atoms with Crippen molar-refractivity contribution in [3.63, 3.8) is 0 Å². The van der Waals surface area contributed by atoms with Crippen LogP contribution < -0.4 is 10.1 Å². The number of amides is 1. The fraction of sp³-hybridized carbons (Fsp3) is 0.583. The molecule has 6 rings (SSSR count). The van der Waals surface area contributed by atoms with E-state index < -0.39 is 0 Å². The molecule has 1 heterocycles. The SMILES string of the molecule is CN(C)CCOc1noc(C(=O)NC23CC4CC(CC(C4)C2)C3)c1Sc1ccccc1. The van der Waals surface area contributed by atoms with Gasteiger partial charge in [0, 0.05) is 17.0 Å². The average molecular weight is 442 g/mol. The zero-order valence-corrected chi connectivity index (χ0v) is 19.1. The first-order valence-electron chi connectivity index (χ1n) is 11.3. The molecule has 0 saturated heterocycles. The summed E-state index contributed by atoms with van der Waals surface area (Å²) < 4.78 is 11.5. The highest BCUT2D eigenvalue weighted by molar-refractivity contribution is 7.99. The van der Waals surface area contributed by atoms with Crippen LogP contribution in [0.25, 0.3) is 0 Å². The molecule has 7 heteroatoms. The molecular weight excluding hydrogens is 410 g/mol. The van der Waals surface area contributed by atoms with Crippen LogP contribution >= 0.6 is 11.8 Å². The van der Waals surface area contributed by atoms with Crippen LogP contribution in [0.15, 0.2) is 44.6 Å². The fourth-order valence-electron chi connectivity index (χ4n) is 6.09. The fourth-order valence-corrected chi connectivity index (χ4v) is 7.02. The largest absolute Gasteiger partial charge is 0.473 e. The number of hydrogen-bond acceptors (Lipinski definition) is 6. The van der Waals surface area contributed by atoms with E-state index in [9.17, 15) is 4.79 Å². The summed E-state index contributed by atoms with van der Waals surface area (Å²) in [6, 6.07) is 9.98. The van der Waals surface area contributed by atoms with E-state index in [-0.39, 0.29) is 17.2 Å². The first kappa shape index (κ1) is 20.9. The van der Waals surface area contributed by atoms with Gasteiger partial charge in [-0.2, -0.15) is 0 Å². The summed E-state index contributed by atoms with van der Waals surface area (Å²) in [7, 11) is 3.99. The monoisotopic (exact) mass is 441 g/mol. The maximum Gasteiger partial charge on any atom is 0.291 e. The van der Waals surface area contributed by atoms with Crippen molar-refractivity contribution >= 4 is 17.7 Å². The van der Waals surface area contributed by atoms with Crippen LogP contribution in [0.2, 0.25) is 0 Å². The van der Waals surface area contributed by atoms with Gasteiger partial charge in [-0.25, -0.2) is 0 Å². The quantitative estimate of drug-likeness (QED) is 0.652. The second kappa shape index (κ2) is 8.51. The Balaban J connectivity index is 1.37. The smallest absolute Gasteiger partial charge is 0.291 e. The van der Waals surface area contributed by atoms with Crippen LogP contribution in [-0.2, 0) is 0 Å². The topological polar surface area (TPSA) is 67.6 Å². The molecule has 2 aromatic rings. The predicted octanol–water partition coefficient (Wildman–Crippen LogP) is 4.46. The number of likely N-dealkylation sites (N-methyl/N-ethyl adjacent to an activating group) is 1. The first-order valence-corrected chi connectivity index (χ1v) is 12.1. The zero-order chi connectivity index (χ0) is 21.4. The summed E-state index contributed by atoms with van der Waals surface area (Å²) in [4.78, 5) is 17.1. The number of aromatic nitrogens is 1. The maximum absolute atomic E-state index is 13.4. The van der Waals surface area contributed by atoms with E-state index in [2.05, 4.69) is 10.5 Å². The van der Waals surface area contributed by atoms with Crippen molar-refractivity contribution in [2.45, 2.75) is 53.9 Å². The van der Waals surface area contributed by atoms with Gasteiger partial charge in [0.2, 0.25) is 5.76 Å². The Labute approximate surface area is 188 Å². The third kappa shape index (κ3) is 4.48. The molecule has 0 spiro atoms. The van der Waals surface area contributed by atoms with Gasteiger partial charge < -0.3 is 19.5 Å². The van der Waals surface area contributed by atoms with Gasteiger partial charge in [-0.1, -0.05) is 30.0 Å². The second-order valence-electron chi connectivity index (χ2n) is 9.86. The Hall–Kier alpha value is -1.99. The van der Waals surface area contributed by atoms with Crippen molar-refractivity contribution in [2.24, 2.45) is 17.8 Å². The minimum Gasteiger partial charge on any atom is -0.473 e. The standard InChI is InChI=1S/C24H31N3O3S/c1-27(2)8-9-29-23-21(31-19-6-4-3-5-7-19)20(30-26-23)22(28)25-24-13-16-10-17(14-24)12-18(11-16)15-24/h3-7,16-18H,8-15H2,1-2H3,(H,25,28). The number of hydrogen-bond donors (Lipinski definition) is 1. The summed E-state index contributed by atoms with van der Waals surface area (Å²) in [6.45, 7) is 1.25. The van der Waals surface area contributed by atoms with Gasteiger partial charge >= 0.3 is 0 Å². The van der Waals surface area contributed by atoms with Gasteiger partial charge in [0.15, 0.2) is 0 Å². The van der Waals surface area contributed by atoms with Gasteiger partial charge in [-0.15, -0.1) is 0 Å². The van der Waals surface area contributed by atoms with Gasteiger partial charge in [0.05, 0.1) is 0 Å². The van der Waals surface area contributed by atoms with Crippen molar-refractivity contribution < 1.29 is 14.1 Å². The molecule has 0 unspecified atom stereocenters. The Morgan fingerprint density at radius 3 is 2.42 bits per heavy atom. The normalized spacial score (nSPS) is 28.8. The number of nitrogens with one attached hydrogen (secondary N) is 1. The Morgan fingerprint density at radius 1 is 1.16 bits per heavy atom. The summed E-state index contributed by atoms with van der Waals surface area (Å²) >= 11 is 1.47. The highest BCUT2D eigenvalue weighted by Gasteiger charge is 2.52. The number of carbonyl (C=O) groups is 1. The number of carbonyl (C=O) groups excluding carboxylic acids is 1. The molecule has 1 aromatic heterocycles. The molecule has 0 aliphatic heterocycles. The predicted molar refractivity (Wildman–Crippen MR) is 119 cm³/mol. The van der Waals surface area contributed by atoms with Crippen molar-refractivity contribution in [3.8, 4) is 5.88 Å². The maximum atomic E-state index is 13.4. The lowest BCUT2D eigenvalue weighted by molar-refractivity contribution is -0.0173. The lowest BCUT2D eigenvalue weighted by atomic mass is 9.53. The Bertz CT molecular complexity index is 892. The van der Waals surface area contributed by atoms with E-state index in [4.69, 9.17) is 9.26 Å². The summed E-state index contributed by atoms with van der Waals surface area (Å²) in [5.74, 6) is 2.81. The minimum atomic E-state index is -0.157. The van der Waals surface area contributed by atoms with E-state index >= 15 is 0 Å². The highest BCUT2D eigenvalue weighted by Crippen LogP contribution is 2.55. The van der Waals surface area contributed by atoms with E-state index in [1.54, 1.807) is 0 Å². The molecule has 1 aromatic carbocycles. The molecule has 4 bridgehead atoms. The summed E-state index contributed by atoms with van der Waals surface area (Å²) in [5.41, 5.74) is -0.0702. The van der Waals surface area contributed by atoms with Crippen LogP contribution in [0.1, 0.15) is 49.1 Å². The minimum absolute atomic E-state index is 0.0702. The van der Waals surface area contributed by atoms with E-state index in [1.807, 2.05) is 49.3 Å². The van der Waals surface area contributed by atoms with Gasteiger partial charge in [0.25, 0.3) is 11.8 Å². The molecule has 4 saturated carbocycles. The molecule has 1 N–H and O–H groups in total. The van der Waals surface area contributed by atoms with E-state index in [1.165, 1.54) is 31.0 Å². The number of benzene rings is 1. The molecule has 31 heavy (non-hydrogen) atoms. The third-order valence-corrected chi connectivity index (χ3v) is 8.06. The van der Waals surface area contributed by atoms with Crippen molar-refractivity contribution in [1.29, 1.82) is 0 Å². The second-order valence-corrected chi connectivity index (χ2v) is 10.9. The van der Waals surface area contributed by atoms with Crippen molar-refractivity contribution in [2.75, 3.05) is 27.2 Å². The van der Waals surface area contributed by atoms with Crippen LogP contribution in [0.5, 0.6) is 5.88 Å². The molecule has 0 radical (unpaired) electrons. The average Bonchev–Trinajstić information content (AvgIpc) is 3.10. The van der Waals surface area contributed by atoms with Gasteiger partial charge in [-0.3, -0.25) is 4.79 Å². The molecule has 6 nitrogen and oxygen atoms in total. The molecule has 4 fully saturated rings. The Morgan fingerprint density at radius 2 is 1.81 bits per heavy atom. The summed E-state index contributed by atoms with van der Waals surface area (Å²) in [6.07, 6.45) is 7.34. The van der Waals surface area contributed by atoms with Crippen LogP contribution in [0.4, 0.5) is 0 Å². The van der Waals surface area contributed by atoms with Gasteiger partial charge in [0.1, 0.15) is 11.5 Å². The zero-order valence-electron chi connectivity index (χ0n) is 18.3. The number of rotatable bonds is 8. The molecular formula is C24H31N3O3S. The van der Waals surface area contributed by atoms with Crippen molar-refractivity contribution in [3.05, 3.63) is 36.1 Å². The van der Waals surface area contributed by atoms with Crippen LogP contribution in [0, 0.1) is 17.8 Å². The Kier molecular flexibility index (Phi) is 5.73.